The molecule has 0 amide bonds. The van der Waals surface area contributed by atoms with Gasteiger partial charge in [0.25, 0.3) is 5.56 Å². The molecule has 5 aromatic rings. The van der Waals surface area contributed by atoms with Gasteiger partial charge in [-0.2, -0.15) is 5.10 Å². The van der Waals surface area contributed by atoms with Crippen molar-refractivity contribution >= 4 is 35.0 Å². The standard InChI is InChI=1S/C33H27ClN4O4S/c1-4-42-32(40)28-20(2)35-33-38(30(28)25-12-8-9-13-26(25)34)31(39)27(43-33)18-22-19-37(23-10-6-5-7-11-23)36-29(22)21-14-16-24(41-3)17-15-21/h5-19,30H,4H2,1-3H3/b27-18-. The summed E-state index contributed by atoms with van der Waals surface area (Å²) in [4.78, 5) is 32.5. The topological polar surface area (TPSA) is 87.7 Å². The van der Waals surface area contributed by atoms with Gasteiger partial charge in [0.05, 0.1) is 35.2 Å². The molecular weight excluding hydrogens is 584 g/mol. The molecule has 1 aliphatic rings. The lowest BCUT2D eigenvalue weighted by Gasteiger charge is -2.25. The summed E-state index contributed by atoms with van der Waals surface area (Å²) in [6.45, 7) is 3.68. The Labute approximate surface area is 256 Å². The maximum absolute atomic E-state index is 14.2. The highest BCUT2D eigenvalue weighted by molar-refractivity contribution is 7.07. The van der Waals surface area contributed by atoms with E-state index in [1.165, 1.54) is 15.9 Å². The number of rotatable bonds is 7. The summed E-state index contributed by atoms with van der Waals surface area (Å²) in [6, 6.07) is 23.8. The van der Waals surface area contributed by atoms with Crippen molar-refractivity contribution in [3.05, 3.63) is 132 Å². The summed E-state index contributed by atoms with van der Waals surface area (Å²) in [5, 5.41) is 5.32. The molecule has 6 rings (SSSR count). The van der Waals surface area contributed by atoms with Gasteiger partial charge >= 0.3 is 5.97 Å². The normalized spacial score (nSPS) is 14.8. The molecule has 0 radical (unpaired) electrons. The van der Waals surface area contributed by atoms with Gasteiger partial charge in [-0.3, -0.25) is 9.36 Å². The maximum Gasteiger partial charge on any atom is 0.338 e. The molecule has 216 valence electrons. The largest absolute Gasteiger partial charge is 0.497 e. The Kier molecular flexibility index (Phi) is 7.84. The van der Waals surface area contributed by atoms with Gasteiger partial charge in [-0.25, -0.2) is 14.5 Å². The minimum absolute atomic E-state index is 0.189. The maximum atomic E-state index is 14.2. The first-order chi connectivity index (χ1) is 20.9. The molecule has 0 aliphatic carbocycles. The molecule has 8 nitrogen and oxygen atoms in total. The van der Waals surface area contributed by atoms with E-state index in [1.54, 1.807) is 37.8 Å². The number of ether oxygens (including phenoxy) is 2. The molecule has 1 aliphatic heterocycles. The molecule has 3 heterocycles. The van der Waals surface area contributed by atoms with E-state index in [-0.39, 0.29) is 17.7 Å². The lowest BCUT2D eigenvalue weighted by atomic mass is 9.96. The second-order valence-electron chi connectivity index (χ2n) is 9.77. The molecule has 0 spiro atoms. The first kappa shape index (κ1) is 28.4. The van der Waals surface area contributed by atoms with Crippen molar-refractivity contribution < 1.29 is 14.3 Å². The number of fused-ring (bicyclic) bond motifs is 1. The fourth-order valence-electron chi connectivity index (χ4n) is 5.10. The number of aromatic nitrogens is 3. The number of carbonyl (C=O) groups excluding carboxylic acids is 1. The molecule has 1 unspecified atom stereocenters. The molecule has 0 N–H and O–H groups in total. The van der Waals surface area contributed by atoms with Crippen molar-refractivity contribution in [1.29, 1.82) is 0 Å². The third kappa shape index (κ3) is 5.33. The van der Waals surface area contributed by atoms with Crippen LogP contribution in [0.1, 0.15) is 31.0 Å². The van der Waals surface area contributed by atoms with E-state index in [0.29, 0.717) is 31.3 Å². The van der Waals surface area contributed by atoms with E-state index in [9.17, 15) is 9.59 Å². The van der Waals surface area contributed by atoms with Gasteiger partial charge in [-0.15, -0.1) is 0 Å². The molecule has 10 heteroatoms. The number of carbonyl (C=O) groups is 1. The van der Waals surface area contributed by atoms with Crippen LogP contribution in [0.2, 0.25) is 5.02 Å². The number of methoxy groups -OCH3 is 1. The predicted molar refractivity (Wildman–Crippen MR) is 167 cm³/mol. The summed E-state index contributed by atoms with van der Waals surface area (Å²) < 4.78 is 14.5. The van der Waals surface area contributed by atoms with Gasteiger partial charge in [-0.1, -0.05) is 59.3 Å². The van der Waals surface area contributed by atoms with Crippen LogP contribution in [0.15, 0.2) is 106 Å². The number of esters is 1. The zero-order valence-electron chi connectivity index (χ0n) is 23.7. The first-order valence-corrected chi connectivity index (χ1v) is 14.8. The lowest BCUT2D eigenvalue weighted by Crippen LogP contribution is -2.40. The minimum atomic E-state index is -0.792. The smallest absolute Gasteiger partial charge is 0.338 e. The number of thiazole rings is 1. The van der Waals surface area contributed by atoms with Crippen molar-refractivity contribution in [1.82, 2.24) is 14.3 Å². The van der Waals surface area contributed by atoms with E-state index < -0.39 is 12.0 Å². The number of hydrogen-bond acceptors (Lipinski definition) is 7. The molecule has 1 atom stereocenters. The summed E-state index contributed by atoms with van der Waals surface area (Å²) in [5.41, 5.74) is 4.27. The zero-order chi connectivity index (χ0) is 30.1. The first-order valence-electron chi connectivity index (χ1n) is 13.6. The molecule has 0 bridgehead atoms. The number of benzene rings is 3. The van der Waals surface area contributed by atoms with E-state index in [2.05, 4.69) is 4.99 Å². The fraction of sp³-hybridized carbons (Fsp3) is 0.152. The van der Waals surface area contributed by atoms with Crippen molar-refractivity contribution in [2.24, 2.45) is 4.99 Å². The van der Waals surface area contributed by atoms with Crippen LogP contribution in [0.25, 0.3) is 23.0 Å². The molecule has 0 saturated heterocycles. The van der Waals surface area contributed by atoms with Gasteiger partial charge in [0.15, 0.2) is 4.80 Å². The third-order valence-electron chi connectivity index (χ3n) is 7.13. The second kappa shape index (κ2) is 11.9. The summed E-state index contributed by atoms with van der Waals surface area (Å²) >= 11 is 7.88. The summed E-state index contributed by atoms with van der Waals surface area (Å²) in [6.07, 6.45) is 3.72. The highest BCUT2D eigenvalue weighted by atomic mass is 35.5. The predicted octanol–water partition coefficient (Wildman–Crippen LogP) is 5.31. The molecule has 0 fully saturated rings. The van der Waals surface area contributed by atoms with Gasteiger partial charge in [0.2, 0.25) is 0 Å². The second-order valence-corrected chi connectivity index (χ2v) is 11.2. The molecular formula is C33H27ClN4O4S. The van der Waals surface area contributed by atoms with E-state index in [4.69, 9.17) is 26.2 Å². The number of hydrogen-bond donors (Lipinski definition) is 0. The Morgan fingerprint density at radius 1 is 1.05 bits per heavy atom. The minimum Gasteiger partial charge on any atom is -0.497 e. The molecule has 43 heavy (non-hydrogen) atoms. The van der Waals surface area contributed by atoms with Crippen LogP contribution in [0.3, 0.4) is 0 Å². The number of allylic oxidation sites excluding steroid dienone is 1. The fourth-order valence-corrected chi connectivity index (χ4v) is 6.38. The van der Waals surface area contributed by atoms with Crippen LogP contribution >= 0.6 is 22.9 Å². The number of nitrogens with zero attached hydrogens (tertiary/aromatic N) is 4. The average molecular weight is 611 g/mol. The highest BCUT2D eigenvalue weighted by Crippen LogP contribution is 2.34. The van der Waals surface area contributed by atoms with Crippen molar-refractivity contribution in [3.63, 3.8) is 0 Å². The van der Waals surface area contributed by atoms with Gasteiger partial charge in [0, 0.05) is 22.3 Å². The summed E-state index contributed by atoms with van der Waals surface area (Å²) in [7, 11) is 1.62. The van der Waals surface area contributed by atoms with Crippen LogP contribution in [-0.4, -0.2) is 34.0 Å². The quantitative estimate of drug-likeness (QED) is 0.233. The Balaban J connectivity index is 1.56. The zero-order valence-corrected chi connectivity index (χ0v) is 25.2. The van der Waals surface area contributed by atoms with E-state index in [1.807, 2.05) is 79.0 Å². The number of halogens is 1. The lowest BCUT2D eigenvalue weighted by molar-refractivity contribution is -0.139. The van der Waals surface area contributed by atoms with Crippen LogP contribution in [0.4, 0.5) is 0 Å². The van der Waals surface area contributed by atoms with E-state index in [0.717, 1.165) is 22.6 Å². The Hall–Kier alpha value is -4.73. The molecule has 0 saturated carbocycles. The highest BCUT2D eigenvalue weighted by Gasteiger charge is 2.34. The van der Waals surface area contributed by atoms with Crippen LogP contribution < -0.4 is 19.6 Å². The van der Waals surface area contributed by atoms with Crippen molar-refractivity contribution in [2.75, 3.05) is 13.7 Å². The SMILES string of the molecule is CCOC(=O)C1=C(C)N=c2s/c(=C\c3cn(-c4ccccc4)nc3-c3ccc(OC)cc3)c(=O)n2C1c1ccccc1Cl. The molecule has 2 aromatic heterocycles. The average Bonchev–Trinajstić information content (AvgIpc) is 3.58. The van der Waals surface area contributed by atoms with Crippen molar-refractivity contribution in [3.8, 4) is 22.7 Å². The van der Waals surface area contributed by atoms with Gasteiger partial charge in [-0.05, 0) is 68.0 Å². The van der Waals surface area contributed by atoms with Crippen LogP contribution in [0.5, 0.6) is 5.75 Å². The van der Waals surface area contributed by atoms with Crippen LogP contribution in [-0.2, 0) is 9.53 Å². The summed E-state index contributed by atoms with van der Waals surface area (Å²) in [5.74, 6) is 0.197. The van der Waals surface area contributed by atoms with Crippen molar-refractivity contribution in [2.45, 2.75) is 19.9 Å². The van der Waals surface area contributed by atoms with Gasteiger partial charge < -0.3 is 9.47 Å². The Morgan fingerprint density at radius 2 is 1.77 bits per heavy atom. The Bertz CT molecular complexity index is 2040. The van der Waals surface area contributed by atoms with E-state index >= 15 is 0 Å². The third-order valence-corrected chi connectivity index (χ3v) is 8.46. The van der Waals surface area contributed by atoms with Gasteiger partial charge in [0.1, 0.15) is 17.5 Å². The number of para-hydroxylation sites is 1. The Morgan fingerprint density at radius 3 is 2.47 bits per heavy atom. The monoisotopic (exact) mass is 610 g/mol. The molecule has 3 aromatic carbocycles. The van der Waals surface area contributed by atoms with Crippen LogP contribution in [0, 0.1) is 0 Å².